The molecule has 5 rings (SSSR count). The molecule has 1 heterocycles. The van der Waals surface area contributed by atoms with Gasteiger partial charge in [0.2, 0.25) is 5.78 Å². The minimum atomic E-state index is -1.47. The van der Waals surface area contributed by atoms with Crippen LogP contribution >= 0.6 is 0 Å². The lowest BCUT2D eigenvalue weighted by Gasteiger charge is -2.17. The van der Waals surface area contributed by atoms with E-state index in [1.54, 1.807) is 18.2 Å². The predicted octanol–water partition coefficient (Wildman–Crippen LogP) is 5.08. The minimum absolute atomic E-state index is 0.0128. The van der Waals surface area contributed by atoms with Crippen LogP contribution in [0.25, 0.3) is 0 Å². The van der Waals surface area contributed by atoms with Gasteiger partial charge in [0.1, 0.15) is 0 Å². The number of non-ortho nitro benzene ring substituents is 2. The van der Waals surface area contributed by atoms with Crippen LogP contribution in [-0.2, 0) is 4.74 Å². The number of esters is 1. The predicted molar refractivity (Wildman–Crippen MR) is 143 cm³/mol. The SMILES string of the molecule is O=C(O[C@H](C(=O)c1ccccc1)c1ccc([N+](=O)[O-])cc1)c1ccc2c(c1)C(=O)N(c1cccc([N+](=O)[O-])c1)C2=O. The Kier molecular flexibility index (Phi) is 6.88. The summed E-state index contributed by atoms with van der Waals surface area (Å²) in [5.41, 5.74) is -0.430. The van der Waals surface area contributed by atoms with Gasteiger partial charge in [0.05, 0.1) is 32.2 Å². The third-order valence-corrected chi connectivity index (χ3v) is 6.35. The van der Waals surface area contributed by atoms with Gasteiger partial charge in [-0.2, -0.15) is 0 Å². The van der Waals surface area contributed by atoms with Crippen molar-refractivity contribution in [2.75, 3.05) is 4.90 Å². The molecule has 1 atom stereocenters. The molecule has 0 saturated carbocycles. The summed E-state index contributed by atoms with van der Waals surface area (Å²) in [7, 11) is 0. The molecule has 12 heteroatoms. The molecule has 202 valence electrons. The number of benzene rings is 4. The van der Waals surface area contributed by atoms with Crippen LogP contribution in [0.3, 0.4) is 0 Å². The van der Waals surface area contributed by atoms with Crippen molar-refractivity contribution in [2.24, 2.45) is 0 Å². The molecule has 4 aromatic carbocycles. The van der Waals surface area contributed by atoms with Gasteiger partial charge < -0.3 is 4.74 Å². The lowest BCUT2D eigenvalue weighted by Crippen LogP contribution is -2.29. The number of ketones is 1. The Morgan fingerprint density at radius 1 is 0.683 bits per heavy atom. The van der Waals surface area contributed by atoms with Gasteiger partial charge in [0.25, 0.3) is 23.2 Å². The van der Waals surface area contributed by atoms with Crippen LogP contribution < -0.4 is 4.90 Å². The van der Waals surface area contributed by atoms with E-state index in [1.165, 1.54) is 66.7 Å². The number of ether oxygens (including phenoxy) is 1. The van der Waals surface area contributed by atoms with Crippen LogP contribution in [0, 0.1) is 20.2 Å². The number of nitro benzene ring substituents is 2. The number of amides is 2. The molecule has 1 aliphatic heterocycles. The summed E-state index contributed by atoms with van der Waals surface area (Å²) in [5.74, 6) is -3.10. The van der Waals surface area contributed by atoms with Crippen molar-refractivity contribution in [3.05, 3.63) is 145 Å². The molecule has 1 aliphatic rings. The van der Waals surface area contributed by atoms with E-state index in [0.717, 1.165) is 17.0 Å². The van der Waals surface area contributed by atoms with E-state index in [2.05, 4.69) is 0 Å². The van der Waals surface area contributed by atoms with Crippen molar-refractivity contribution < 1.29 is 33.8 Å². The first-order chi connectivity index (χ1) is 19.7. The number of Topliss-reactive ketones (excluding diaryl/α,β-unsaturated/α-hetero) is 1. The highest BCUT2D eigenvalue weighted by Gasteiger charge is 2.38. The molecule has 0 unspecified atom stereocenters. The number of carbonyl (C=O) groups excluding carboxylic acids is 4. The third kappa shape index (κ3) is 5.04. The largest absolute Gasteiger partial charge is 0.445 e. The maximum absolute atomic E-state index is 13.3. The first-order valence-corrected chi connectivity index (χ1v) is 12.0. The molecule has 41 heavy (non-hydrogen) atoms. The van der Waals surface area contributed by atoms with Crippen LogP contribution in [0.1, 0.15) is 53.1 Å². The van der Waals surface area contributed by atoms with E-state index in [0.29, 0.717) is 0 Å². The Labute approximate surface area is 230 Å². The molecular formula is C29H17N3O9. The lowest BCUT2D eigenvalue weighted by molar-refractivity contribution is -0.385. The molecule has 0 bridgehead atoms. The van der Waals surface area contributed by atoms with E-state index in [1.807, 2.05) is 0 Å². The Hall–Kier alpha value is -6.04. The Balaban J connectivity index is 1.45. The van der Waals surface area contributed by atoms with Crippen LogP contribution in [0.2, 0.25) is 0 Å². The molecule has 0 aliphatic carbocycles. The Morgan fingerprint density at radius 2 is 1.34 bits per heavy atom. The van der Waals surface area contributed by atoms with Gasteiger partial charge in [0, 0.05) is 35.4 Å². The Bertz CT molecular complexity index is 1750. The van der Waals surface area contributed by atoms with Crippen LogP contribution in [0.15, 0.2) is 97.1 Å². The number of anilines is 1. The summed E-state index contributed by atoms with van der Waals surface area (Å²) >= 11 is 0. The molecule has 12 nitrogen and oxygen atoms in total. The Morgan fingerprint density at radius 3 is 2.00 bits per heavy atom. The van der Waals surface area contributed by atoms with E-state index >= 15 is 0 Å². The lowest BCUT2D eigenvalue weighted by atomic mass is 9.99. The summed E-state index contributed by atoms with van der Waals surface area (Å²) in [6.45, 7) is 0. The van der Waals surface area contributed by atoms with Gasteiger partial charge in [-0.25, -0.2) is 9.69 Å². The van der Waals surface area contributed by atoms with Gasteiger partial charge >= 0.3 is 5.97 Å². The van der Waals surface area contributed by atoms with E-state index in [9.17, 15) is 39.4 Å². The van der Waals surface area contributed by atoms with Gasteiger partial charge in [-0.3, -0.25) is 34.6 Å². The number of hydrogen-bond donors (Lipinski definition) is 0. The first kappa shape index (κ1) is 26.6. The van der Waals surface area contributed by atoms with Crippen LogP contribution in [0.4, 0.5) is 17.1 Å². The molecule has 0 N–H and O–H groups in total. The highest BCUT2D eigenvalue weighted by atomic mass is 16.6. The van der Waals surface area contributed by atoms with Gasteiger partial charge in [0.15, 0.2) is 6.10 Å². The summed E-state index contributed by atoms with van der Waals surface area (Å²) in [5, 5.41) is 22.2. The standard InChI is InChI=1S/C29H17N3O9/c33-25(17-5-2-1-3-6-17)26(18-9-12-20(13-10-18)31(37)38)41-29(36)19-11-14-23-24(15-19)28(35)30(27(23)34)21-7-4-8-22(16-21)32(39)40/h1-16,26H/t26-/m0/s1. The minimum Gasteiger partial charge on any atom is -0.445 e. The van der Waals surface area contributed by atoms with Crippen molar-refractivity contribution >= 4 is 40.6 Å². The molecule has 0 radical (unpaired) electrons. The highest BCUT2D eigenvalue weighted by Crippen LogP contribution is 2.32. The topological polar surface area (TPSA) is 167 Å². The average molecular weight is 551 g/mol. The van der Waals surface area contributed by atoms with E-state index in [4.69, 9.17) is 4.74 Å². The maximum atomic E-state index is 13.3. The van der Waals surface area contributed by atoms with Crippen molar-refractivity contribution in [1.82, 2.24) is 0 Å². The first-order valence-electron chi connectivity index (χ1n) is 12.0. The van der Waals surface area contributed by atoms with Gasteiger partial charge in [-0.15, -0.1) is 0 Å². The number of carbonyl (C=O) groups is 4. The van der Waals surface area contributed by atoms with Gasteiger partial charge in [-0.1, -0.05) is 36.4 Å². The molecule has 0 fully saturated rings. The molecule has 0 saturated heterocycles. The van der Waals surface area contributed by atoms with Crippen molar-refractivity contribution in [1.29, 1.82) is 0 Å². The number of hydrogen-bond acceptors (Lipinski definition) is 9. The quantitative estimate of drug-likeness (QED) is 0.0953. The second-order valence-electron chi connectivity index (χ2n) is 8.85. The van der Waals surface area contributed by atoms with Crippen molar-refractivity contribution in [3.63, 3.8) is 0 Å². The zero-order chi connectivity index (χ0) is 29.3. The molecule has 4 aromatic rings. The number of rotatable bonds is 8. The second-order valence-corrected chi connectivity index (χ2v) is 8.85. The van der Waals surface area contributed by atoms with Crippen LogP contribution in [-0.4, -0.2) is 33.4 Å². The monoisotopic (exact) mass is 551 g/mol. The summed E-state index contributed by atoms with van der Waals surface area (Å²) in [6.07, 6.45) is -1.47. The maximum Gasteiger partial charge on any atom is 0.339 e. The zero-order valence-electron chi connectivity index (χ0n) is 20.8. The average Bonchev–Trinajstić information content (AvgIpc) is 3.24. The van der Waals surface area contributed by atoms with E-state index < -0.39 is 39.5 Å². The fraction of sp³-hybridized carbons (Fsp3) is 0.0345. The van der Waals surface area contributed by atoms with Crippen molar-refractivity contribution in [3.8, 4) is 0 Å². The number of nitrogens with zero attached hydrogens (tertiary/aromatic N) is 3. The zero-order valence-corrected chi connectivity index (χ0v) is 20.8. The summed E-state index contributed by atoms with van der Waals surface area (Å²) < 4.78 is 5.57. The highest BCUT2D eigenvalue weighted by molar-refractivity contribution is 6.34. The number of fused-ring (bicyclic) bond motifs is 1. The fourth-order valence-corrected chi connectivity index (χ4v) is 4.32. The van der Waals surface area contributed by atoms with Gasteiger partial charge in [-0.05, 0) is 36.4 Å². The number of nitro groups is 2. The third-order valence-electron chi connectivity index (χ3n) is 6.35. The van der Waals surface area contributed by atoms with Crippen LogP contribution in [0.5, 0.6) is 0 Å². The summed E-state index contributed by atoms with van der Waals surface area (Å²) in [6, 6.07) is 21.6. The second kappa shape index (κ2) is 10.6. The fourth-order valence-electron chi connectivity index (χ4n) is 4.32. The van der Waals surface area contributed by atoms with E-state index in [-0.39, 0.29) is 44.9 Å². The molecule has 0 spiro atoms. The summed E-state index contributed by atoms with van der Waals surface area (Å²) in [4.78, 5) is 74.4. The smallest absolute Gasteiger partial charge is 0.339 e. The molecule has 2 amide bonds. The molecular weight excluding hydrogens is 534 g/mol. The molecule has 0 aromatic heterocycles. The normalized spacial score (nSPS) is 12.9. The van der Waals surface area contributed by atoms with Crippen molar-refractivity contribution in [2.45, 2.75) is 6.10 Å². The number of imide groups is 1.